The number of aliphatic carboxylic acids is 4. The average molecular weight is 1890 g/mol. The van der Waals surface area contributed by atoms with Crippen LogP contribution in [0.15, 0.2) is 85.2 Å². The summed E-state index contributed by atoms with van der Waals surface area (Å²) in [7, 11) is 3.66. The van der Waals surface area contributed by atoms with Crippen molar-refractivity contribution in [2.45, 2.75) is 234 Å². The maximum Gasteiger partial charge on any atom is 0.305 e. The van der Waals surface area contributed by atoms with Gasteiger partial charge in [-0.15, -0.1) is 11.8 Å². The molecule has 2 aromatic heterocycles. The molecule has 3 fully saturated rings. The number of nitrogens with one attached hydrogen (secondary N) is 11. The first-order valence-corrected chi connectivity index (χ1v) is 45.3. The first kappa shape index (κ1) is 106. The highest BCUT2D eigenvalue weighted by Crippen LogP contribution is 2.30. The zero-order chi connectivity index (χ0) is 98.5. The number of hydrogen-bond donors (Lipinski definition) is 19. The van der Waals surface area contributed by atoms with Crippen molar-refractivity contribution in [3.63, 3.8) is 0 Å². The summed E-state index contributed by atoms with van der Waals surface area (Å²) in [6, 6.07) is -3.42. The van der Waals surface area contributed by atoms with Crippen molar-refractivity contribution in [1.82, 2.24) is 82.3 Å². The molecule has 0 bridgehead atoms. The zero-order valence-corrected chi connectivity index (χ0v) is 76.0. The van der Waals surface area contributed by atoms with E-state index in [4.69, 9.17) is 5.73 Å². The van der Waals surface area contributed by atoms with E-state index in [0.717, 1.165) is 31.5 Å². The number of likely N-dealkylation sites (N-methyl/N-ethyl adjacent to an activating group) is 3. The molecule has 8 rings (SSSR count). The van der Waals surface area contributed by atoms with Crippen molar-refractivity contribution < 1.29 is 132 Å². The van der Waals surface area contributed by atoms with Crippen molar-refractivity contribution in [1.29, 1.82) is 0 Å². The fourth-order valence-electron chi connectivity index (χ4n) is 16.3. The van der Waals surface area contributed by atoms with Gasteiger partial charge in [0.15, 0.2) is 5.78 Å². The fourth-order valence-corrected chi connectivity index (χ4v) is 17.2. The van der Waals surface area contributed by atoms with Gasteiger partial charge < -0.3 is 124 Å². The average Bonchev–Trinajstić information content (AvgIpc) is 1.55. The molecule has 0 saturated carbocycles. The first-order chi connectivity index (χ1) is 63.6. The minimum Gasteiger partial charge on any atom is -0.508 e. The van der Waals surface area contributed by atoms with Gasteiger partial charge in [0.2, 0.25) is 88.6 Å². The number of benzene rings is 3. The van der Waals surface area contributed by atoms with Crippen LogP contribution < -0.4 is 53.6 Å². The number of rotatable bonds is 27. The second kappa shape index (κ2) is 50.3. The summed E-state index contributed by atoms with van der Waals surface area (Å²) in [6.45, 7) is 1.83. The molecule has 3 saturated heterocycles. The van der Waals surface area contributed by atoms with Gasteiger partial charge in [-0.05, 0) is 99.2 Å². The number of aromatic amines is 2. The van der Waals surface area contributed by atoms with Crippen LogP contribution in [0.25, 0.3) is 21.8 Å². The van der Waals surface area contributed by atoms with E-state index >= 15 is 33.6 Å². The number of H-pyrrole nitrogens is 2. The number of aromatic nitrogens is 2. The maximum absolute atomic E-state index is 15.8. The van der Waals surface area contributed by atoms with Gasteiger partial charge in [-0.25, -0.2) is 0 Å². The molecule has 3 aliphatic heterocycles. The van der Waals surface area contributed by atoms with Gasteiger partial charge in [0, 0.05) is 125 Å². The maximum atomic E-state index is 15.8. The first-order valence-electron chi connectivity index (χ1n) is 44.2. The molecule has 15 amide bonds. The number of aliphatic hydroxyl groups excluding tert-OH is 2. The predicted octanol–water partition coefficient (Wildman–Crippen LogP) is -1.92. The van der Waals surface area contributed by atoms with E-state index < -0.39 is 298 Å². The summed E-state index contributed by atoms with van der Waals surface area (Å²) < 4.78 is 0. The molecule has 5 aromatic rings. The van der Waals surface area contributed by atoms with Crippen LogP contribution in [0.4, 0.5) is 0 Å². The summed E-state index contributed by atoms with van der Waals surface area (Å²) in [6.07, 6.45) is -5.27. The third kappa shape index (κ3) is 29.7. The second-order valence-electron chi connectivity index (χ2n) is 33.6. The molecule has 20 N–H and O–H groups in total. The number of ketones is 1. The summed E-state index contributed by atoms with van der Waals surface area (Å²) in [5, 5.41) is 95.9. The molecule has 0 unspecified atom stereocenters. The van der Waals surface area contributed by atoms with Crippen LogP contribution in [0.5, 0.6) is 5.75 Å². The lowest BCUT2D eigenvalue weighted by Crippen LogP contribution is -2.60. The lowest BCUT2D eigenvalue weighted by atomic mass is 9.90. The lowest BCUT2D eigenvalue weighted by Gasteiger charge is -2.36. The monoisotopic (exact) mass is 1890 g/mol. The highest BCUT2D eigenvalue weighted by atomic mass is 32.2. The number of carboxylic acid groups (broad SMARTS) is 4. The molecule has 44 nitrogen and oxygen atoms in total. The predicted molar refractivity (Wildman–Crippen MR) is 479 cm³/mol. The van der Waals surface area contributed by atoms with Gasteiger partial charge in [0.1, 0.15) is 78.3 Å². The van der Waals surface area contributed by atoms with Gasteiger partial charge in [0.05, 0.1) is 37.5 Å². The number of hydrogen-bond acceptors (Lipinski definition) is 24. The number of phenolic OH excluding ortho intramolecular Hbond substituents is 1. The summed E-state index contributed by atoms with van der Waals surface area (Å²) >= 11 is 0.669. The van der Waals surface area contributed by atoms with Crippen LogP contribution in [0.1, 0.15) is 147 Å². The number of unbranched alkanes of at least 4 members (excludes halogenated alkanes) is 2. The van der Waals surface area contributed by atoms with Crippen LogP contribution in [0.2, 0.25) is 0 Å². The Morgan fingerprint density at radius 2 is 1.01 bits per heavy atom. The molecule has 45 heteroatoms. The molecule has 5 heterocycles. The molecule has 0 radical (unpaired) electrons. The van der Waals surface area contributed by atoms with Crippen LogP contribution >= 0.6 is 11.8 Å². The minimum atomic E-state index is -2.01. The van der Waals surface area contributed by atoms with Gasteiger partial charge in [-0.2, -0.15) is 0 Å². The summed E-state index contributed by atoms with van der Waals surface area (Å²) in [4.78, 5) is 296. The zero-order valence-electron chi connectivity index (χ0n) is 75.1. The van der Waals surface area contributed by atoms with Crippen LogP contribution in [-0.4, -0.2) is 332 Å². The summed E-state index contributed by atoms with van der Waals surface area (Å²) in [5.41, 5.74) is 7.74. The molecular weight excluding hydrogens is 1770 g/mol. The number of carboxylic acids is 4. The number of carbonyl (C=O) groups is 20. The number of aromatic hydroxyl groups is 1. The highest BCUT2D eigenvalue weighted by molar-refractivity contribution is 8.00. The third-order valence-electron chi connectivity index (χ3n) is 23.9. The van der Waals surface area contributed by atoms with Gasteiger partial charge in [0.25, 0.3) is 0 Å². The third-order valence-corrected chi connectivity index (χ3v) is 24.9. The number of nitrogens with two attached hydrogens (primary N) is 1. The summed E-state index contributed by atoms with van der Waals surface area (Å²) in [5.74, 6) is -26.0. The number of para-hydroxylation sites is 2. The Hall–Kier alpha value is -13.6. The number of primary amides is 1. The van der Waals surface area contributed by atoms with Crippen molar-refractivity contribution in [2.24, 2.45) is 11.7 Å². The van der Waals surface area contributed by atoms with E-state index in [1.54, 1.807) is 74.8 Å². The van der Waals surface area contributed by atoms with Crippen molar-refractivity contribution in [3.05, 3.63) is 102 Å². The number of fused-ring (bicyclic) bond motifs is 4. The molecule has 15 atom stereocenters. The van der Waals surface area contributed by atoms with E-state index in [0.29, 0.717) is 63.1 Å². The van der Waals surface area contributed by atoms with E-state index in [9.17, 15) is 98.1 Å². The number of nitrogens with zero attached hydrogens (tertiary/aromatic N) is 5. The normalized spacial score (nSPS) is 24.8. The Morgan fingerprint density at radius 3 is 1.58 bits per heavy atom. The highest BCUT2D eigenvalue weighted by Gasteiger charge is 2.47. The topological polar surface area (TPSA) is 665 Å². The molecular formula is C89H119N17O27S. The number of aliphatic hydroxyl groups is 2. The standard InChI is InChI=1S/C89H119N17O27S/c1-7-9-20-66-83(127)96-59(28-31-74(115)116)81(125)101-65(79(123)93-42-71(90)111)45-134-46-72(112)94-61(34-48-23-25-52(108)26-24-48)85(129)102(4)47(3)77(121)98-63(39-76(119)120)88(132)105-33-15-22-67(105)84(128)100-64(44-107)82(126)97-60(29-32-75(117)118)87(131)106-43-53(109)38-69(106)70(110)37-49(35-50-40-91-56-18-13-11-16-54(50)56)78(122)95-58(27-30-73(113)114)80(124)99-62(36-51-41-92-57-19-14-12-17-55(51)57)86(130)104(6)68(21-10-8-2)89(133)103(66)5/h11-14,16-19,23-26,40-41,47,49,53,58-69,91-92,107-109H,7-10,15,20-22,27-39,42-46H2,1-6H3,(H2,90,111)(H,93,123)(H,94,112)(H,95,122)(H,96,127)(H,97,126)(H,98,121)(H,99,124)(H,100,128)(H,101,125)(H,113,114)(H,115,116)(H,117,118)(H,119,120)/t47-,49+,53+,58-,59-,60-,61-,62-,63-,64-,65-,66-,67-,68-,69-/m0/s1. The van der Waals surface area contributed by atoms with Crippen molar-refractivity contribution in [2.75, 3.05) is 58.9 Å². The Kier molecular flexibility index (Phi) is 39.7. The quantitative estimate of drug-likeness (QED) is 0.0272. The molecule has 0 aliphatic carbocycles. The molecule has 134 heavy (non-hydrogen) atoms. The number of carbonyl (C=O) groups excluding carboxylic acids is 16. The van der Waals surface area contributed by atoms with E-state index in [1.807, 2.05) is 0 Å². The second-order valence-corrected chi connectivity index (χ2v) is 34.6. The minimum absolute atomic E-state index is 0.0551. The number of thioether (sulfide) groups is 1. The van der Waals surface area contributed by atoms with E-state index in [-0.39, 0.29) is 70.1 Å². The van der Waals surface area contributed by atoms with E-state index in [1.165, 1.54) is 45.3 Å². The van der Waals surface area contributed by atoms with Gasteiger partial charge in [-0.1, -0.05) is 88.1 Å². The number of Topliss-reactive ketones (excluding diaryl/α,β-unsaturated/α-hetero) is 1. The molecule has 0 spiro atoms. The molecule has 3 aromatic carbocycles. The molecule has 3 aliphatic rings. The smallest absolute Gasteiger partial charge is 0.305 e. The Bertz CT molecular complexity index is 5120. The molecule has 728 valence electrons. The Morgan fingerprint density at radius 1 is 0.507 bits per heavy atom. The van der Waals surface area contributed by atoms with Crippen molar-refractivity contribution in [3.8, 4) is 5.75 Å². The Balaban J connectivity index is 1.21. The number of amides is 15. The Labute approximate surface area is 774 Å². The number of phenols is 1. The van der Waals surface area contributed by atoms with Crippen LogP contribution in [0.3, 0.4) is 0 Å². The van der Waals surface area contributed by atoms with Crippen LogP contribution in [-0.2, 0) is 115 Å². The van der Waals surface area contributed by atoms with Crippen LogP contribution in [0, 0.1) is 5.92 Å². The van der Waals surface area contributed by atoms with Gasteiger partial charge in [-0.3, -0.25) is 95.9 Å². The van der Waals surface area contributed by atoms with E-state index in [2.05, 4.69) is 57.8 Å². The SMILES string of the molecule is CCCC[C@H]1C(=O)N(C)[C@@H](CCCC)C(=O)N[C@@H](CCC(=O)O)C(=O)N[C@H](C(=O)NCC(N)=O)CSCC(=O)N[C@@H](Cc2ccc(O)cc2)C(=O)N(C)[C@@H](C)C(=O)N[C@@H](CC(=O)O)C(=O)N2CCC[C@H]2C(=O)N[C@@H](CO)C(=O)N[C@@H](CCC(=O)O)C(=O)N2C[C@H](O)C[C@H]2C(=O)C[C@@H](Cc2c[nH]c3ccccc23)C(=O)N[C@@H](CCC(=O)O)C(=O)N[C@@H](Cc2c[nH]c3ccccc23)C(=O)N1C. The van der Waals surface area contributed by atoms with Gasteiger partial charge >= 0.3 is 23.9 Å². The lowest BCUT2D eigenvalue weighted by molar-refractivity contribution is -0.149. The fraction of sp³-hybridized carbons (Fsp3) is 0.528. The largest absolute Gasteiger partial charge is 0.508 e. The van der Waals surface area contributed by atoms with Crippen molar-refractivity contribution >= 4 is 152 Å².